The van der Waals surface area contributed by atoms with Crippen LogP contribution in [-0.2, 0) is 20.9 Å². The topological polar surface area (TPSA) is 75.6 Å². The molecule has 21 heavy (non-hydrogen) atoms. The molecule has 0 aliphatic heterocycles. The van der Waals surface area contributed by atoms with Gasteiger partial charge < -0.3 is 15.2 Å². The van der Waals surface area contributed by atoms with Crippen LogP contribution in [0.2, 0.25) is 0 Å². The maximum Gasteiger partial charge on any atom is 0.305 e. The van der Waals surface area contributed by atoms with Crippen molar-refractivity contribution in [2.75, 3.05) is 12.4 Å². The first-order valence-corrected chi connectivity index (χ1v) is 7.22. The van der Waals surface area contributed by atoms with Crippen LogP contribution in [0.5, 0.6) is 0 Å². The highest BCUT2D eigenvalue weighted by Gasteiger charge is 2.03. The summed E-state index contributed by atoms with van der Waals surface area (Å²) in [5, 5.41) is 11.7. The van der Waals surface area contributed by atoms with Crippen molar-refractivity contribution in [3.63, 3.8) is 0 Å². The van der Waals surface area contributed by atoms with Crippen LogP contribution in [0, 0.1) is 0 Å². The van der Waals surface area contributed by atoms with Gasteiger partial charge in [-0.25, -0.2) is 0 Å². The molecule has 1 amide bonds. The third kappa shape index (κ3) is 7.46. The maximum absolute atomic E-state index is 11.7. The first-order chi connectivity index (χ1) is 10.2. The minimum Gasteiger partial charge on any atom is -0.469 e. The normalized spacial score (nSPS) is 10.2. The van der Waals surface area contributed by atoms with Gasteiger partial charge in [0.25, 0.3) is 0 Å². The number of carbonyl (C=O) groups excluding carboxylic acids is 2. The maximum atomic E-state index is 11.7. The number of nitrogens with one attached hydrogen (secondary N) is 1. The Balaban J connectivity index is 2.12. The Labute approximate surface area is 125 Å². The summed E-state index contributed by atoms with van der Waals surface area (Å²) in [6.07, 6.45) is 4.37. The van der Waals surface area contributed by atoms with Gasteiger partial charge in [0.1, 0.15) is 0 Å². The third-order valence-corrected chi connectivity index (χ3v) is 3.18. The Hall–Kier alpha value is -1.88. The number of anilines is 1. The van der Waals surface area contributed by atoms with Crippen LogP contribution in [0.3, 0.4) is 0 Å². The van der Waals surface area contributed by atoms with E-state index >= 15 is 0 Å². The fraction of sp³-hybridized carbons (Fsp3) is 0.500. The van der Waals surface area contributed by atoms with Crippen molar-refractivity contribution in [2.24, 2.45) is 0 Å². The van der Waals surface area contributed by atoms with Gasteiger partial charge in [-0.3, -0.25) is 9.59 Å². The molecule has 0 fully saturated rings. The molecule has 0 atom stereocenters. The summed E-state index contributed by atoms with van der Waals surface area (Å²) >= 11 is 0. The van der Waals surface area contributed by atoms with E-state index in [1.807, 2.05) is 0 Å². The fourth-order valence-corrected chi connectivity index (χ4v) is 1.93. The number of hydrogen-bond acceptors (Lipinski definition) is 4. The van der Waals surface area contributed by atoms with Crippen molar-refractivity contribution in [3.05, 3.63) is 29.8 Å². The predicted octanol–water partition coefficient (Wildman–Crippen LogP) is 2.63. The molecule has 0 spiro atoms. The highest BCUT2D eigenvalue weighted by molar-refractivity contribution is 5.90. The largest absolute Gasteiger partial charge is 0.469 e. The van der Waals surface area contributed by atoms with Gasteiger partial charge in [-0.05, 0) is 30.5 Å². The van der Waals surface area contributed by atoms with E-state index in [0.717, 1.165) is 36.9 Å². The molecule has 116 valence electrons. The summed E-state index contributed by atoms with van der Waals surface area (Å²) in [6, 6.07) is 7.12. The average Bonchev–Trinajstić information content (AvgIpc) is 2.51. The van der Waals surface area contributed by atoms with Crippen LogP contribution in [0.15, 0.2) is 24.3 Å². The second kappa shape index (κ2) is 9.94. The number of aliphatic hydroxyl groups is 1. The van der Waals surface area contributed by atoms with Gasteiger partial charge in [0.2, 0.25) is 5.91 Å². The van der Waals surface area contributed by atoms with Crippen molar-refractivity contribution in [1.29, 1.82) is 0 Å². The van der Waals surface area contributed by atoms with Gasteiger partial charge in [0, 0.05) is 18.5 Å². The summed E-state index contributed by atoms with van der Waals surface area (Å²) in [6.45, 7) is -0.000198. The number of rotatable bonds is 9. The molecule has 0 bridgehead atoms. The molecule has 5 nitrogen and oxygen atoms in total. The number of amides is 1. The van der Waals surface area contributed by atoms with Gasteiger partial charge in [0.15, 0.2) is 0 Å². The molecule has 0 aromatic heterocycles. The standard InChI is InChI=1S/C16H23NO4/c1-21-16(20)7-5-3-2-4-6-15(19)17-14-10-8-13(12-18)9-11-14/h8-11,18H,2-7,12H2,1H3,(H,17,19). The molecule has 0 saturated heterocycles. The summed E-state index contributed by atoms with van der Waals surface area (Å²) in [7, 11) is 1.39. The number of benzene rings is 1. The second-order valence-corrected chi connectivity index (χ2v) is 4.89. The van der Waals surface area contributed by atoms with Crippen LogP contribution >= 0.6 is 0 Å². The lowest BCUT2D eigenvalue weighted by Gasteiger charge is -2.06. The highest BCUT2D eigenvalue weighted by Crippen LogP contribution is 2.11. The number of carbonyl (C=O) groups is 2. The van der Waals surface area contributed by atoms with E-state index in [2.05, 4.69) is 10.1 Å². The number of esters is 1. The van der Waals surface area contributed by atoms with Crippen molar-refractivity contribution in [3.8, 4) is 0 Å². The van der Waals surface area contributed by atoms with E-state index in [1.54, 1.807) is 24.3 Å². The molecule has 1 rings (SSSR count). The first kappa shape index (κ1) is 17.2. The summed E-state index contributed by atoms with van der Waals surface area (Å²) in [5.74, 6) is -0.196. The lowest BCUT2D eigenvalue weighted by Crippen LogP contribution is -2.11. The molecular weight excluding hydrogens is 270 g/mol. The Kier molecular flexibility index (Phi) is 8.12. The molecule has 0 aliphatic carbocycles. The Morgan fingerprint density at radius 2 is 1.67 bits per heavy atom. The zero-order chi connectivity index (χ0) is 15.5. The van der Waals surface area contributed by atoms with E-state index < -0.39 is 0 Å². The minimum atomic E-state index is -0.181. The predicted molar refractivity (Wildman–Crippen MR) is 80.7 cm³/mol. The SMILES string of the molecule is COC(=O)CCCCCCC(=O)Nc1ccc(CO)cc1. The quantitative estimate of drug-likeness (QED) is 0.542. The van der Waals surface area contributed by atoms with Gasteiger partial charge >= 0.3 is 5.97 Å². The van der Waals surface area contributed by atoms with Crippen molar-refractivity contribution in [2.45, 2.75) is 45.1 Å². The second-order valence-electron chi connectivity index (χ2n) is 4.89. The third-order valence-electron chi connectivity index (χ3n) is 3.18. The molecule has 0 unspecified atom stereocenters. The molecule has 0 aliphatic rings. The average molecular weight is 293 g/mol. The Morgan fingerprint density at radius 3 is 2.24 bits per heavy atom. The summed E-state index contributed by atoms with van der Waals surface area (Å²) in [4.78, 5) is 22.6. The lowest BCUT2D eigenvalue weighted by molar-refractivity contribution is -0.140. The molecule has 5 heteroatoms. The summed E-state index contributed by atoms with van der Waals surface area (Å²) < 4.78 is 4.56. The van der Waals surface area contributed by atoms with Crippen LogP contribution in [0.1, 0.15) is 44.1 Å². The van der Waals surface area contributed by atoms with E-state index in [1.165, 1.54) is 7.11 Å². The fourth-order valence-electron chi connectivity index (χ4n) is 1.93. The number of aliphatic hydroxyl groups excluding tert-OH is 1. The molecule has 1 aromatic rings. The number of hydrogen-bond donors (Lipinski definition) is 2. The number of unbranched alkanes of at least 4 members (excludes halogenated alkanes) is 3. The van der Waals surface area contributed by atoms with Crippen LogP contribution in [0.25, 0.3) is 0 Å². The zero-order valence-electron chi connectivity index (χ0n) is 12.4. The number of methoxy groups -OCH3 is 1. The van der Waals surface area contributed by atoms with Crippen LogP contribution < -0.4 is 5.32 Å². The zero-order valence-corrected chi connectivity index (χ0v) is 12.4. The molecule has 0 saturated carbocycles. The first-order valence-electron chi connectivity index (χ1n) is 7.22. The van der Waals surface area contributed by atoms with E-state index in [0.29, 0.717) is 12.8 Å². The smallest absolute Gasteiger partial charge is 0.305 e. The monoisotopic (exact) mass is 293 g/mol. The minimum absolute atomic E-state index is 0.000198. The lowest BCUT2D eigenvalue weighted by atomic mass is 10.1. The molecule has 1 aromatic carbocycles. The molecular formula is C16H23NO4. The summed E-state index contributed by atoms with van der Waals surface area (Å²) in [5.41, 5.74) is 1.56. The van der Waals surface area contributed by atoms with Gasteiger partial charge in [0.05, 0.1) is 13.7 Å². The van der Waals surface area contributed by atoms with Crippen molar-refractivity contribution in [1.82, 2.24) is 0 Å². The van der Waals surface area contributed by atoms with Gasteiger partial charge in [-0.1, -0.05) is 25.0 Å². The van der Waals surface area contributed by atoms with E-state index in [4.69, 9.17) is 5.11 Å². The van der Waals surface area contributed by atoms with Crippen molar-refractivity contribution >= 4 is 17.6 Å². The molecule has 2 N–H and O–H groups in total. The molecule has 0 radical (unpaired) electrons. The highest BCUT2D eigenvalue weighted by atomic mass is 16.5. The van der Waals surface area contributed by atoms with Crippen molar-refractivity contribution < 1.29 is 19.4 Å². The number of ether oxygens (including phenoxy) is 1. The van der Waals surface area contributed by atoms with Crippen LogP contribution in [-0.4, -0.2) is 24.1 Å². The molecule has 0 heterocycles. The van der Waals surface area contributed by atoms with Gasteiger partial charge in [-0.15, -0.1) is 0 Å². The Bertz CT molecular complexity index is 442. The van der Waals surface area contributed by atoms with Crippen LogP contribution in [0.4, 0.5) is 5.69 Å². The Morgan fingerprint density at radius 1 is 1.05 bits per heavy atom. The van der Waals surface area contributed by atoms with Gasteiger partial charge in [-0.2, -0.15) is 0 Å². The van der Waals surface area contributed by atoms with E-state index in [9.17, 15) is 9.59 Å². The van der Waals surface area contributed by atoms with E-state index in [-0.39, 0.29) is 18.5 Å².